The van der Waals surface area contributed by atoms with Gasteiger partial charge in [-0.1, -0.05) is 48.3 Å². The van der Waals surface area contributed by atoms with E-state index in [0.29, 0.717) is 0 Å². The molecule has 0 unspecified atom stereocenters. The summed E-state index contributed by atoms with van der Waals surface area (Å²) in [4.78, 5) is 0. The first-order valence-electron chi connectivity index (χ1n) is 4.46. The molecule has 12 heavy (non-hydrogen) atoms. The molecule has 0 nitrogen and oxygen atoms in total. The lowest BCUT2D eigenvalue weighted by Crippen LogP contribution is -1.96. The van der Waals surface area contributed by atoms with Crippen LogP contribution in [0.2, 0.25) is 0 Å². The largest absolute Gasteiger partial charge is 0.0651 e. The molecule has 1 heteroatoms. The second kappa shape index (κ2) is 4.66. The standard InChI is InChI=1S/C11H15Br/c1-3-9(2)8-10-4-6-11(12)7-5-10/h4-7,9H,3,8H2,1-2H3/t9-/m0/s1. The molecule has 0 heterocycles. The van der Waals surface area contributed by atoms with Gasteiger partial charge >= 0.3 is 0 Å². The van der Waals surface area contributed by atoms with Crippen LogP contribution in [0.3, 0.4) is 0 Å². The minimum absolute atomic E-state index is 0.797. The van der Waals surface area contributed by atoms with Gasteiger partial charge in [0.05, 0.1) is 0 Å². The second-order valence-corrected chi connectivity index (χ2v) is 4.26. The Labute approximate surface area is 83.1 Å². The normalized spacial score (nSPS) is 12.9. The van der Waals surface area contributed by atoms with Gasteiger partial charge in [-0.05, 0) is 30.0 Å². The number of rotatable bonds is 3. The molecule has 1 rings (SSSR count). The van der Waals surface area contributed by atoms with Crippen LogP contribution in [-0.2, 0) is 6.42 Å². The molecule has 0 aliphatic heterocycles. The van der Waals surface area contributed by atoms with Gasteiger partial charge in [0, 0.05) is 4.47 Å². The van der Waals surface area contributed by atoms with Crippen LogP contribution in [0.1, 0.15) is 25.8 Å². The van der Waals surface area contributed by atoms with E-state index in [-0.39, 0.29) is 0 Å². The van der Waals surface area contributed by atoms with Crippen molar-refractivity contribution in [2.24, 2.45) is 5.92 Å². The number of hydrogen-bond acceptors (Lipinski definition) is 0. The summed E-state index contributed by atoms with van der Waals surface area (Å²) in [6.45, 7) is 4.53. The molecule has 0 radical (unpaired) electrons. The molecular weight excluding hydrogens is 212 g/mol. The summed E-state index contributed by atoms with van der Waals surface area (Å²) < 4.78 is 1.16. The fourth-order valence-corrected chi connectivity index (χ4v) is 1.43. The molecule has 0 aromatic heterocycles. The monoisotopic (exact) mass is 226 g/mol. The third kappa shape index (κ3) is 2.98. The Kier molecular flexibility index (Phi) is 3.80. The van der Waals surface area contributed by atoms with Crippen LogP contribution >= 0.6 is 15.9 Å². The van der Waals surface area contributed by atoms with E-state index in [1.165, 1.54) is 18.4 Å². The minimum Gasteiger partial charge on any atom is -0.0651 e. The van der Waals surface area contributed by atoms with E-state index in [2.05, 4.69) is 54.0 Å². The molecule has 0 N–H and O–H groups in total. The topological polar surface area (TPSA) is 0 Å². The molecule has 66 valence electrons. The molecule has 0 aliphatic carbocycles. The zero-order valence-electron chi connectivity index (χ0n) is 7.68. The number of halogens is 1. The van der Waals surface area contributed by atoms with Crippen molar-refractivity contribution in [1.29, 1.82) is 0 Å². The summed E-state index contributed by atoms with van der Waals surface area (Å²) in [6.07, 6.45) is 2.46. The van der Waals surface area contributed by atoms with Gasteiger partial charge in [0.15, 0.2) is 0 Å². The Balaban J connectivity index is 2.58. The maximum Gasteiger partial charge on any atom is 0.0175 e. The Bertz CT molecular complexity index is 225. The predicted octanol–water partition coefficient (Wildman–Crippen LogP) is 4.04. The van der Waals surface area contributed by atoms with Crippen LogP contribution < -0.4 is 0 Å². The van der Waals surface area contributed by atoms with Gasteiger partial charge < -0.3 is 0 Å². The van der Waals surface area contributed by atoms with E-state index in [0.717, 1.165) is 10.4 Å². The molecular formula is C11H15Br. The van der Waals surface area contributed by atoms with Crippen LogP contribution in [0, 0.1) is 5.92 Å². The molecule has 0 amide bonds. The highest BCUT2D eigenvalue weighted by Gasteiger charge is 1.99. The van der Waals surface area contributed by atoms with Crippen LogP contribution in [0.15, 0.2) is 28.7 Å². The fraction of sp³-hybridized carbons (Fsp3) is 0.455. The molecule has 0 saturated carbocycles. The van der Waals surface area contributed by atoms with Gasteiger partial charge in [-0.3, -0.25) is 0 Å². The Morgan fingerprint density at radius 3 is 2.33 bits per heavy atom. The van der Waals surface area contributed by atoms with Gasteiger partial charge in [0.2, 0.25) is 0 Å². The SMILES string of the molecule is CC[C@H](C)Cc1ccc(Br)cc1. The first-order valence-corrected chi connectivity index (χ1v) is 5.26. The average molecular weight is 227 g/mol. The van der Waals surface area contributed by atoms with Gasteiger partial charge in [0.1, 0.15) is 0 Å². The van der Waals surface area contributed by atoms with Crippen molar-refractivity contribution in [1.82, 2.24) is 0 Å². The van der Waals surface area contributed by atoms with Crippen molar-refractivity contribution >= 4 is 15.9 Å². The highest BCUT2D eigenvalue weighted by atomic mass is 79.9. The molecule has 1 atom stereocenters. The molecule has 0 saturated heterocycles. The number of hydrogen-bond donors (Lipinski definition) is 0. The maximum atomic E-state index is 3.43. The van der Waals surface area contributed by atoms with E-state index in [1.54, 1.807) is 0 Å². The Morgan fingerprint density at radius 2 is 1.83 bits per heavy atom. The van der Waals surface area contributed by atoms with E-state index in [9.17, 15) is 0 Å². The summed E-state index contributed by atoms with van der Waals surface area (Å²) in [5.74, 6) is 0.797. The van der Waals surface area contributed by atoms with Crippen LogP contribution in [0.25, 0.3) is 0 Å². The lowest BCUT2D eigenvalue weighted by atomic mass is 9.99. The Morgan fingerprint density at radius 1 is 1.25 bits per heavy atom. The summed E-state index contributed by atoms with van der Waals surface area (Å²) >= 11 is 3.43. The minimum atomic E-state index is 0.797. The lowest BCUT2D eigenvalue weighted by molar-refractivity contribution is 0.560. The Hall–Kier alpha value is -0.300. The van der Waals surface area contributed by atoms with E-state index in [1.807, 2.05) is 0 Å². The smallest absolute Gasteiger partial charge is 0.0175 e. The highest BCUT2D eigenvalue weighted by molar-refractivity contribution is 9.10. The van der Waals surface area contributed by atoms with Gasteiger partial charge in [-0.25, -0.2) is 0 Å². The van der Waals surface area contributed by atoms with Gasteiger partial charge in [0.25, 0.3) is 0 Å². The van der Waals surface area contributed by atoms with Crippen LogP contribution in [0.4, 0.5) is 0 Å². The fourth-order valence-electron chi connectivity index (χ4n) is 1.17. The third-order valence-electron chi connectivity index (χ3n) is 2.19. The molecule has 1 aromatic carbocycles. The van der Waals surface area contributed by atoms with E-state index >= 15 is 0 Å². The van der Waals surface area contributed by atoms with Crippen LogP contribution in [0.5, 0.6) is 0 Å². The van der Waals surface area contributed by atoms with Crippen molar-refractivity contribution < 1.29 is 0 Å². The van der Waals surface area contributed by atoms with Crippen molar-refractivity contribution in [3.05, 3.63) is 34.3 Å². The van der Waals surface area contributed by atoms with Crippen molar-refractivity contribution in [3.63, 3.8) is 0 Å². The molecule has 0 aliphatic rings. The quantitative estimate of drug-likeness (QED) is 0.731. The van der Waals surface area contributed by atoms with E-state index in [4.69, 9.17) is 0 Å². The van der Waals surface area contributed by atoms with Gasteiger partial charge in [-0.2, -0.15) is 0 Å². The first-order chi connectivity index (χ1) is 5.72. The maximum absolute atomic E-state index is 3.43. The summed E-state index contributed by atoms with van der Waals surface area (Å²) in [7, 11) is 0. The summed E-state index contributed by atoms with van der Waals surface area (Å²) in [6, 6.07) is 8.60. The average Bonchev–Trinajstić information content (AvgIpc) is 2.09. The van der Waals surface area contributed by atoms with Crippen molar-refractivity contribution in [2.45, 2.75) is 26.7 Å². The summed E-state index contributed by atoms with van der Waals surface area (Å²) in [5.41, 5.74) is 1.44. The lowest BCUT2D eigenvalue weighted by Gasteiger charge is -2.07. The molecule has 1 aromatic rings. The number of benzene rings is 1. The van der Waals surface area contributed by atoms with E-state index < -0.39 is 0 Å². The van der Waals surface area contributed by atoms with Gasteiger partial charge in [-0.15, -0.1) is 0 Å². The zero-order chi connectivity index (χ0) is 8.97. The van der Waals surface area contributed by atoms with Crippen molar-refractivity contribution in [2.75, 3.05) is 0 Å². The third-order valence-corrected chi connectivity index (χ3v) is 2.72. The predicted molar refractivity (Wildman–Crippen MR) is 57.3 cm³/mol. The highest BCUT2D eigenvalue weighted by Crippen LogP contribution is 2.14. The first kappa shape index (κ1) is 9.79. The second-order valence-electron chi connectivity index (χ2n) is 3.34. The molecule has 0 spiro atoms. The van der Waals surface area contributed by atoms with Crippen molar-refractivity contribution in [3.8, 4) is 0 Å². The molecule has 0 fully saturated rings. The van der Waals surface area contributed by atoms with Crippen LogP contribution in [-0.4, -0.2) is 0 Å². The zero-order valence-corrected chi connectivity index (χ0v) is 9.26. The summed E-state index contributed by atoms with van der Waals surface area (Å²) in [5, 5.41) is 0. The molecule has 0 bridgehead atoms.